The molecule has 2 aromatic carbocycles. The van der Waals surface area contributed by atoms with Gasteiger partial charge in [-0.25, -0.2) is 8.42 Å². The van der Waals surface area contributed by atoms with Crippen LogP contribution in [-0.4, -0.2) is 65.0 Å². The molecule has 0 unspecified atom stereocenters. The van der Waals surface area contributed by atoms with Gasteiger partial charge in [-0.2, -0.15) is 0 Å². The van der Waals surface area contributed by atoms with Gasteiger partial charge in [0.05, 0.1) is 18.1 Å². The molecule has 3 aliphatic rings. The summed E-state index contributed by atoms with van der Waals surface area (Å²) in [5.74, 6) is 1.08. The molecular weight excluding hydrogens is 448 g/mol. The molecule has 5 rings (SSSR count). The van der Waals surface area contributed by atoms with Gasteiger partial charge < -0.3 is 23.8 Å². The average molecular weight is 475 g/mol. The summed E-state index contributed by atoms with van der Waals surface area (Å²) in [5.41, 5.74) is 0.752. The van der Waals surface area contributed by atoms with Crippen molar-refractivity contribution >= 4 is 21.6 Å². The van der Waals surface area contributed by atoms with Crippen molar-refractivity contribution in [3.8, 4) is 11.5 Å². The number of ether oxygens (including phenoxy) is 4. The van der Waals surface area contributed by atoms with Gasteiger partial charge in [-0.15, -0.1) is 0 Å². The van der Waals surface area contributed by atoms with Crippen LogP contribution < -0.4 is 14.2 Å². The van der Waals surface area contributed by atoms with E-state index in [1.54, 1.807) is 35.2 Å². The molecular formula is C23H26N2O7S. The number of carbonyl (C=O) groups excluding carboxylic acids is 1. The summed E-state index contributed by atoms with van der Waals surface area (Å²) in [7, 11) is -3.87. The number of benzene rings is 2. The van der Waals surface area contributed by atoms with Gasteiger partial charge in [-0.1, -0.05) is 6.07 Å². The predicted octanol–water partition coefficient (Wildman–Crippen LogP) is 2.48. The van der Waals surface area contributed by atoms with Crippen LogP contribution in [0.4, 0.5) is 5.69 Å². The van der Waals surface area contributed by atoms with E-state index in [-0.39, 0.29) is 17.1 Å². The number of nitrogens with zero attached hydrogens (tertiary/aromatic N) is 1. The van der Waals surface area contributed by atoms with Gasteiger partial charge in [0.2, 0.25) is 0 Å². The molecule has 2 aromatic rings. The van der Waals surface area contributed by atoms with Gasteiger partial charge in [0.15, 0.2) is 17.8 Å². The van der Waals surface area contributed by atoms with Crippen LogP contribution in [0.5, 0.6) is 11.5 Å². The summed E-state index contributed by atoms with van der Waals surface area (Å²) in [4.78, 5) is 14.9. The zero-order chi connectivity index (χ0) is 22.8. The minimum absolute atomic E-state index is 0.0573. The number of amides is 1. The summed E-state index contributed by atoms with van der Waals surface area (Å²) in [6.07, 6.45) is 1.46. The molecule has 9 nitrogen and oxygen atoms in total. The highest BCUT2D eigenvalue weighted by atomic mass is 32.2. The van der Waals surface area contributed by atoms with Gasteiger partial charge in [-0.3, -0.25) is 9.52 Å². The van der Waals surface area contributed by atoms with Crippen molar-refractivity contribution in [1.82, 2.24) is 4.90 Å². The third-order valence-corrected chi connectivity index (χ3v) is 7.42. The first kappa shape index (κ1) is 22.0. The predicted molar refractivity (Wildman–Crippen MR) is 119 cm³/mol. The molecule has 0 aliphatic carbocycles. The number of fused-ring (bicyclic) bond motifs is 1. The van der Waals surface area contributed by atoms with Crippen molar-refractivity contribution in [1.29, 1.82) is 0 Å². The lowest BCUT2D eigenvalue weighted by atomic mass is 9.95. The van der Waals surface area contributed by atoms with Crippen molar-refractivity contribution < 1.29 is 32.2 Å². The van der Waals surface area contributed by atoms with E-state index in [9.17, 15) is 13.2 Å². The first-order valence-corrected chi connectivity index (χ1v) is 12.5. The fraction of sp³-hybridized carbons (Fsp3) is 0.435. The molecule has 0 spiro atoms. The molecule has 3 heterocycles. The quantitative estimate of drug-likeness (QED) is 0.710. The number of likely N-dealkylation sites (tertiary alicyclic amines) is 1. The molecule has 0 atom stereocenters. The Balaban J connectivity index is 1.26. The number of sulfonamides is 1. The Kier molecular flexibility index (Phi) is 6.13. The Morgan fingerprint density at radius 1 is 0.909 bits per heavy atom. The summed E-state index contributed by atoms with van der Waals surface area (Å²) in [5, 5.41) is 0. The summed E-state index contributed by atoms with van der Waals surface area (Å²) >= 11 is 0. The van der Waals surface area contributed by atoms with E-state index in [0.29, 0.717) is 68.2 Å². The van der Waals surface area contributed by atoms with Gasteiger partial charge in [0, 0.05) is 36.3 Å². The van der Waals surface area contributed by atoms with Crippen LogP contribution in [0.2, 0.25) is 0 Å². The number of nitrogens with one attached hydrogen (secondary N) is 1. The average Bonchev–Trinajstić information content (AvgIpc) is 3.38. The van der Waals surface area contributed by atoms with E-state index in [0.717, 1.165) is 12.8 Å². The largest absolute Gasteiger partial charge is 0.486 e. The van der Waals surface area contributed by atoms with E-state index in [1.807, 2.05) is 0 Å². The lowest BCUT2D eigenvalue weighted by Crippen LogP contribution is -2.41. The SMILES string of the molecule is O=C(c1cccc(NS(=O)(=O)c2ccc3c(c2)OCCO3)c1)N1CCC(C2OCCO2)CC1. The normalized spacial score (nSPS) is 19.5. The molecule has 2 fully saturated rings. The van der Waals surface area contributed by atoms with Crippen molar-refractivity contribution in [2.75, 3.05) is 44.2 Å². The van der Waals surface area contributed by atoms with Gasteiger partial charge in [0.1, 0.15) is 13.2 Å². The number of anilines is 1. The Hall–Kier alpha value is -2.82. The van der Waals surface area contributed by atoms with Crippen molar-refractivity contribution in [2.45, 2.75) is 24.0 Å². The molecule has 1 amide bonds. The van der Waals surface area contributed by atoms with Crippen molar-refractivity contribution in [2.24, 2.45) is 5.92 Å². The Morgan fingerprint density at radius 2 is 1.64 bits per heavy atom. The van der Waals surface area contributed by atoms with Crippen LogP contribution in [0.25, 0.3) is 0 Å². The van der Waals surface area contributed by atoms with Crippen molar-refractivity contribution in [3.05, 3.63) is 48.0 Å². The summed E-state index contributed by atoms with van der Waals surface area (Å²) in [6, 6.07) is 11.0. The molecule has 3 aliphatic heterocycles. The third kappa shape index (κ3) is 4.78. The van der Waals surface area contributed by atoms with E-state index in [2.05, 4.69) is 4.72 Å². The highest BCUT2D eigenvalue weighted by Gasteiger charge is 2.32. The highest BCUT2D eigenvalue weighted by molar-refractivity contribution is 7.92. The molecule has 2 saturated heterocycles. The number of piperidine rings is 1. The fourth-order valence-electron chi connectivity index (χ4n) is 4.33. The fourth-order valence-corrected chi connectivity index (χ4v) is 5.39. The second-order valence-electron chi connectivity index (χ2n) is 8.23. The maximum Gasteiger partial charge on any atom is 0.262 e. The number of hydrogen-bond acceptors (Lipinski definition) is 7. The molecule has 0 radical (unpaired) electrons. The maximum atomic E-state index is 13.0. The lowest BCUT2D eigenvalue weighted by Gasteiger charge is -2.34. The Labute approximate surface area is 192 Å². The first-order valence-electron chi connectivity index (χ1n) is 11.0. The van der Waals surface area contributed by atoms with Gasteiger partial charge in [0.25, 0.3) is 15.9 Å². The topological polar surface area (TPSA) is 103 Å². The van der Waals surface area contributed by atoms with Crippen LogP contribution in [0.1, 0.15) is 23.2 Å². The Morgan fingerprint density at radius 3 is 2.39 bits per heavy atom. The van der Waals surface area contributed by atoms with Crippen LogP contribution >= 0.6 is 0 Å². The minimum Gasteiger partial charge on any atom is -0.486 e. The molecule has 176 valence electrons. The minimum atomic E-state index is -3.87. The van der Waals surface area contributed by atoms with Crippen molar-refractivity contribution in [3.63, 3.8) is 0 Å². The van der Waals surface area contributed by atoms with Crippen LogP contribution in [-0.2, 0) is 19.5 Å². The summed E-state index contributed by atoms with van der Waals surface area (Å²) in [6.45, 7) is 3.27. The highest BCUT2D eigenvalue weighted by Crippen LogP contribution is 2.33. The van der Waals surface area contributed by atoms with E-state index < -0.39 is 10.0 Å². The van der Waals surface area contributed by atoms with E-state index in [1.165, 1.54) is 12.1 Å². The van der Waals surface area contributed by atoms with E-state index in [4.69, 9.17) is 18.9 Å². The van der Waals surface area contributed by atoms with Gasteiger partial charge in [-0.05, 0) is 43.2 Å². The second-order valence-corrected chi connectivity index (χ2v) is 9.91. The molecule has 0 saturated carbocycles. The smallest absolute Gasteiger partial charge is 0.262 e. The zero-order valence-corrected chi connectivity index (χ0v) is 18.9. The standard InChI is InChI=1S/C23H26N2O7S/c26-22(25-8-6-16(7-9-25)23-31-12-13-32-23)17-2-1-3-18(14-17)24-33(27,28)19-4-5-20-21(15-19)30-11-10-29-20/h1-5,14-16,23-24H,6-13H2. The molecule has 0 aromatic heterocycles. The second kappa shape index (κ2) is 9.20. The maximum absolute atomic E-state index is 13.0. The summed E-state index contributed by atoms with van der Waals surface area (Å²) < 4.78 is 50.5. The number of carbonyl (C=O) groups is 1. The number of hydrogen-bond donors (Lipinski definition) is 1. The van der Waals surface area contributed by atoms with E-state index >= 15 is 0 Å². The molecule has 33 heavy (non-hydrogen) atoms. The van der Waals surface area contributed by atoms with Crippen LogP contribution in [0, 0.1) is 5.92 Å². The van der Waals surface area contributed by atoms with Crippen LogP contribution in [0.15, 0.2) is 47.4 Å². The first-order chi connectivity index (χ1) is 16.0. The molecule has 1 N–H and O–H groups in total. The molecule has 0 bridgehead atoms. The van der Waals surface area contributed by atoms with Crippen LogP contribution in [0.3, 0.4) is 0 Å². The lowest BCUT2D eigenvalue weighted by molar-refractivity contribution is -0.0956. The zero-order valence-electron chi connectivity index (χ0n) is 18.1. The monoisotopic (exact) mass is 474 g/mol. The third-order valence-electron chi connectivity index (χ3n) is 6.04. The Bertz CT molecular complexity index is 1120. The van der Waals surface area contributed by atoms with Gasteiger partial charge >= 0.3 is 0 Å². The molecule has 10 heteroatoms. The number of rotatable bonds is 5.